The first kappa shape index (κ1) is 13.1. The average Bonchev–Trinajstić information content (AvgIpc) is 2.95. The fourth-order valence-electron chi connectivity index (χ4n) is 1.93. The number of aromatic nitrogens is 4. The van der Waals surface area contributed by atoms with E-state index in [1.165, 1.54) is 0 Å². The minimum Gasteiger partial charge on any atom is -0.378 e. The number of hydrogen-bond donors (Lipinski definition) is 1. The van der Waals surface area contributed by atoms with Gasteiger partial charge in [-0.15, -0.1) is 10.2 Å². The summed E-state index contributed by atoms with van der Waals surface area (Å²) in [6.07, 6.45) is 0. The predicted octanol–water partition coefficient (Wildman–Crippen LogP) is 3.10. The van der Waals surface area contributed by atoms with Crippen molar-refractivity contribution in [3.8, 4) is 0 Å². The number of hydrogen-bond acceptors (Lipinski definition) is 5. The van der Waals surface area contributed by atoms with E-state index in [-0.39, 0.29) is 5.41 Å². The monoisotopic (exact) mass is 287 g/mol. The highest BCUT2D eigenvalue weighted by Crippen LogP contribution is 2.23. The molecule has 0 atom stereocenters. The van der Waals surface area contributed by atoms with Gasteiger partial charge in [-0.2, -0.15) is 9.61 Å². The van der Waals surface area contributed by atoms with Crippen molar-refractivity contribution in [1.29, 1.82) is 0 Å². The molecular weight excluding hydrogens is 270 g/mol. The predicted molar refractivity (Wildman–Crippen MR) is 81.1 cm³/mol. The largest absolute Gasteiger partial charge is 0.378 e. The molecule has 0 saturated carbocycles. The van der Waals surface area contributed by atoms with Crippen molar-refractivity contribution < 1.29 is 0 Å². The quantitative estimate of drug-likeness (QED) is 0.804. The number of anilines is 1. The van der Waals surface area contributed by atoms with E-state index >= 15 is 0 Å². The van der Waals surface area contributed by atoms with Gasteiger partial charge in [-0.25, -0.2) is 0 Å². The molecule has 1 N–H and O–H groups in total. The molecule has 2 aromatic heterocycles. The van der Waals surface area contributed by atoms with Gasteiger partial charge in [0.05, 0.1) is 6.54 Å². The molecule has 0 aliphatic carbocycles. The van der Waals surface area contributed by atoms with Crippen LogP contribution in [0.2, 0.25) is 0 Å². The Morgan fingerprint density at radius 2 is 1.90 bits per heavy atom. The van der Waals surface area contributed by atoms with E-state index in [0.29, 0.717) is 6.54 Å². The summed E-state index contributed by atoms with van der Waals surface area (Å²) in [5.74, 6) is 0.898. The van der Waals surface area contributed by atoms with Crippen LogP contribution in [0, 0.1) is 0 Å². The van der Waals surface area contributed by atoms with Crippen LogP contribution >= 0.6 is 11.3 Å². The van der Waals surface area contributed by atoms with Gasteiger partial charge >= 0.3 is 0 Å². The second-order valence-corrected chi connectivity index (χ2v) is 6.72. The Bertz CT molecular complexity index is 708. The van der Waals surface area contributed by atoms with E-state index in [1.54, 1.807) is 11.3 Å². The van der Waals surface area contributed by atoms with Gasteiger partial charge in [-0.1, -0.05) is 50.3 Å². The zero-order chi connectivity index (χ0) is 14.2. The summed E-state index contributed by atoms with van der Waals surface area (Å²) in [6.45, 7) is 7.04. The maximum atomic E-state index is 4.60. The summed E-state index contributed by atoms with van der Waals surface area (Å²) < 4.78 is 1.85. The normalized spacial score (nSPS) is 11.9. The summed E-state index contributed by atoms with van der Waals surface area (Å²) in [4.78, 5) is 0.847. The van der Waals surface area contributed by atoms with Crippen molar-refractivity contribution in [3.05, 3.63) is 41.2 Å². The number of nitrogens with one attached hydrogen (secondary N) is 1. The van der Waals surface area contributed by atoms with Crippen molar-refractivity contribution in [3.63, 3.8) is 0 Å². The molecule has 0 amide bonds. The van der Waals surface area contributed by atoms with Gasteiger partial charge in [-0.3, -0.25) is 0 Å². The molecule has 0 aliphatic rings. The minimum atomic E-state index is -0.0579. The second-order valence-electron chi connectivity index (χ2n) is 5.68. The first-order chi connectivity index (χ1) is 9.54. The maximum absolute atomic E-state index is 4.60. The van der Waals surface area contributed by atoms with E-state index in [4.69, 9.17) is 0 Å². The van der Waals surface area contributed by atoms with Crippen LogP contribution in [0.3, 0.4) is 0 Å². The Balaban J connectivity index is 1.82. The van der Waals surface area contributed by atoms with Crippen molar-refractivity contribution in [1.82, 2.24) is 19.8 Å². The van der Waals surface area contributed by atoms with E-state index in [1.807, 2.05) is 34.8 Å². The number of rotatable bonds is 3. The summed E-state index contributed by atoms with van der Waals surface area (Å²) >= 11 is 1.57. The highest BCUT2D eigenvalue weighted by Gasteiger charge is 2.23. The molecular formula is C14H17N5S. The molecule has 0 aliphatic heterocycles. The SMILES string of the molecule is CC(C)(C)c1nnc2sc(CNc3ccccc3)nn12. The molecule has 0 bridgehead atoms. The Labute approximate surface area is 121 Å². The minimum absolute atomic E-state index is 0.0579. The molecule has 2 heterocycles. The Hall–Kier alpha value is -1.95. The van der Waals surface area contributed by atoms with Gasteiger partial charge in [0.15, 0.2) is 5.82 Å². The van der Waals surface area contributed by atoms with Crippen LogP contribution in [0.4, 0.5) is 5.69 Å². The summed E-state index contributed by atoms with van der Waals surface area (Å²) in [6, 6.07) is 10.1. The van der Waals surface area contributed by atoms with Crippen LogP contribution in [-0.4, -0.2) is 19.8 Å². The topological polar surface area (TPSA) is 55.1 Å². The lowest BCUT2D eigenvalue weighted by molar-refractivity contribution is 0.526. The highest BCUT2D eigenvalue weighted by molar-refractivity contribution is 7.16. The molecule has 3 rings (SSSR count). The molecule has 1 aromatic carbocycles. The van der Waals surface area contributed by atoms with E-state index < -0.39 is 0 Å². The number of fused-ring (bicyclic) bond motifs is 1. The van der Waals surface area contributed by atoms with Crippen molar-refractivity contribution in [2.45, 2.75) is 32.7 Å². The molecule has 0 fully saturated rings. The molecule has 104 valence electrons. The Morgan fingerprint density at radius 1 is 1.15 bits per heavy atom. The van der Waals surface area contributed by atoms with Crippen molar-refractivity contribution >= 4 is 22.0 Å². The van der Waals surface area contributed by atoms with Crippen LogP contribution in [0.15, 0.2) is 30.3 Å². The Morgan fingerprint density at radius 3 is 2.60 bits per heavy atom. The van der Waals surface area contributed by atoms with Crippen LogP contribution in [0.1, 0.15) is 31.6 Å². The van der Waals surface area contributed by atoms with Gasteiger partial charge in [0.1, 0.15) is 5.01 Å². The summed E-state index contributed by atoms with van der Waals surface area (Å²) in [7, 11) is 0. The lowest BCUT2D eigenvalue weighted by Gasteiger charge is -2.13. The zero-order valence-corrected chi connectivity index (χ0v) is 12.6. The average molecular weight is 287 g/mol. The van der Waals surface area contributed by atoms with Crippen LogP contribution in [0.5, 0.6) is 0 Å². The van der Waals surface area contributed by atoms with Crippen molar-refractivity contribution in [2.24, 2.45) is 0 Å². The third-order valence-corrected chi connectivity index (χ3v) is 3.82. The third-order valence-electron chi connectivity index (χ3n) is 2.92. The highest BCUT2D eigenvalue weighted by atomic mass is 32.1. The molecule has 20 heavy (non-hydrogen) atoms. The van der Waals surface area contributed by atoms with E-state index in [9.17, 15) is 0 Å². The molecule has 0 radical (unpaired) electrons. The third kappa shape index (κ3) is 2.51. The number of benzene rings is 1. The van der Waals surface area contributed by atoms with Crippen LogP contribution in [-0.2, 0) is 12.0 Å². The standard InChI is InChI=1S/C14H17N5S/c1-14(2,3)12-16-17-13-19(12)18-11(20-13)9-15-10-7-5-4-6-8-10/h4-8,15H,9H2,1-3H3. The van der Waals surface area contributed by atoms with E-state index in [0.717, 1.165) is 21.5 Å². The molecule has 3 aromatic rings. The summed E-state index contributed by atoms with van der Waals surface area (Å²) in [5.41, 5.74) is 1.03. The smallest absolute Gasteiger partial charge is 0.234 e. The van der Waals surface area contributed by atoms with Gasteiger partial charge in [0.25, 0.3) is 0 Å². The molecule has 5 nitrogen and oxygen atoms in total. The maximum Gasteiger partial charge on any atom is 0.234 e. The van der Waals surface area contributed by atoms with E-state index in [2.05, 4.69) is 41.4 Å². The number of para-hydroxylation sites is 1. The lowest BCUT2D eigenvalue weighted by Crippen LogP contribution is -2.16. The molecule has 6 heteroatoms. The summed E-state index contributed by atoms with van der Waals surface area (Å²) in [5, 5.41) is 17.4. The Kier molecular flexibility index (Phi) is 3.17. The van der Waals surface area contributed by atoms with Gasteiger partial charge < -0.3 is 5.32 Å². The van der Waals surface area contributed by atoms with Crippen molar-refractivity contribution in [2.75, 3.05) is 5.32 Å². The first-order valence-electron chi connectivity index (χ1n) is 6.54. The molecule has 0 saturated heterocycles. The molecule has 0 spiro atoms. The first-order valence-corrected chi connectivity index (χ1v) is 7.36. The lowest BCUT2D eigenvalue weighted by atomic mass is 9.96. The number of nitrogens with zero attached hydrogens (tertiary/aromatic N) is 4. The zero-order valence-electron chi connectivity index (χ0n) is 11.8. The fourth-order valence-corrected chi connectivity index (χ4v) is 2.70. The van der Waals surface area contributed by atoms with Gasteiger partial charge in [-0.05, 0) is 12.1 Å². The fraction of sp³-hybridized carbons (Fsp3) is 0.357. The van der Waals surface area contributed by atoms with Crippen LogP contribution < -0.4 is 5.32 Å². The van der Waals surface area contributed by atoms with Crippen LogP contribution in [0.25, 0.3) is 4.96 Å². The molecule has 0 unspecified atom stereocenters. The van der Waals surface area contributed by atoms with Gasteiger partial charge in [0, 0.05) is 11.1 Å². The van der Waals surface area contributed by atoms with Gasteiger partial charge in [0.2, 0.25) is 4.96 Å². The second kappa shape index (κ2) is 4.86.